The summed E-state index contributed by atoms with van der Waals surface area (Å²) in [4.78, 5) is 33.3. The summed E-state index contributed by atoms with van der Waals surface area (Å²) < 4.78 is 7.03. The van der Waals surface area contributed by atoms with Crippen LogP contribution in [0.4, 0.5) is 0 Å². The molecule has 1 aliphatic carbocycles. The molecule has 0 amide bonds. The monoisotopic (exact) mass is 465 g/mol. The van der Waals surface area contributed by atoms with Gasteiger partial charge in [0.25, 0.3) is 5.56 Å². The lowest BCUT2D eigenvalue weighted by Crippen LogP contribution is -2.51. The minimum Gasteiger partial charge on any atom is -0.461 e. The molecule has 3 atom stereocenters. The number of ether oxygens (including phenoxy) is 1. The SMILES string of the molecule is CCOC(=O)c1nc2ccccc2n([C@H]2C[C@H]3CC[C@@H](C2)N3[C@H]2CC[C@@H](C(C)(C)C)CC2)c1=O. The highest BCUT2D eigenvalue weighted by atomic mass is 16.5. The van der Waals surface area contributed by atoms with Gasteiger partial charge in [-0.3, -0.25) is 9.69 Å². The predicted molar refractivity (Wildman–Crippen MR) is 134 cm³/mol. The van der Waals surface area contributed by atoms with Crippen LogP contribution < -0.4 is 5.56 Å². The van der Waals surface area contributed by atoms with E-state index in [-0.39, 0.29) is 23.9 Å². The molecule has 1 aromatic heterocycles. The second-order valence-corrected chi connectivity index (χ2v) is 11.7. The highest BCUT2D eigenvalue weighted by molar-refractivity contribution is 5.89. The Labute approximate surface area is 202 Å². The van der Waals surface area contributed by atoms with Crippen molar-refractivity contribution in [2.75, 3.05) is 6.61 Å². The van der Waals surface area contributed by atoms with Crippen molar-refractivity contribution in [3.63, 3.8) is 0 Å². The van der Waals surface area contributed by atoms with Crippen LogP contribution in [0.15, 0.2) is 29.1 Å². The molecule has 3 heterocycles. The molecule has 1 aromatic carbocycles. The van der Waals surface area contributed by atoms with E-state index in [0.29, 0.717) is 29.1 Å². The fourth-order valence-electron chi connectivity index (χ4n) is 7.08. The zero-order chi connectivity index (χ0) is 24.0. The third kappa shape index (κ3) is 4.19. The molecule has 6 nitrogen and oxygen atoms in total. The van der Waals surface area contributed by atoms with Gasteiger partial charge in [0.1, 0.15) is 0 Å². The van der Waals surface area contributed by atoms with E-state index >= 15 is 0 Å². The number of para-hydroxylation sites is 2. The number of hydrogen-bond donors (Lipinski definition) is 0. The first kappa shape index (κ1) is 23.5. The van der Waals surface area contributed by atoms with Crippen LogP contribution in [0.3, 0.4) is 0 Å². The van der Waals surface area contributed by atoms with Crippen LogP contribution in [0.2, 0.25) is 0 Å². The van der Waals surface area contributed by atoms with Crippen LogP contribution in [0.1, 0.15) is 95.6 Å². The Morgan fingerprint density at radius 3 is 2.21 bits per heavy atom. The lowest BCUT2D eigenvalue weighted by atomic mass is 9.71. The van der Waals surface area contributed by atoms with Crippen molar-refractivity contribution >= 4 is 17.0 Å². The molecule has 0 unspecified atom stereocenters. The first-order chi connectivity index (χ1) is 16.3. The highest BCUT2D eigenvalue weighted by Crippen LogP contribution is 2.46. The molecular weight excluding hydrogens is 426 g/mol. The van der Waals surface area contributed by atoms with Crippen molar-refractivity contribution in [2.24, 2.45) is 11.3 Å². The summed E-state index contributed by atoms with van der Waals surface area (Å²) in [6, 6.07) is 9.49. The number of carbonyl (C=O) groups excluding carboxylic acids is 1. The number of rotatable bonds is 4. The van der Waals surface area contributed by atoms with Gasteiger partial charge in [0.15, 0.2) is 0 Å². The summed E-state index contributed by atoms with van der Waals surface area (Å²) in [5, 5.41) is 0. The molecule has 2 aliphatic heterocycles. The van der Waals surface area contributed by atoms with Crippen molar-refractivity contribution in [3.8, 4) is 0 Å². The van der Waals surface area contributed by atoms with E-state index in [0.717, 1.165) is 24.3 Å². The van der Waals surface area contributed by atoms with Gasteiger partial charge in [-0.25, -0.2) is 9.78 Å². The molecule has 5 rings (SSSR count). The number of esters is 1. The Balaban J connectivity index is 1.41. The van der Waals surface area contributed by atoms with Gasteiger partial charge in [-0.05, 0) is 81.8 Å². The normalized spacial score (nSPS) is 29.9. The van der Waals surface area contributed by atoms with E-state index in [9.17, 15) is 9.59 Å². The maximum absolute atomic E-state index is 13.5. The summed E-state index contributed by atoms with van der Waals surface area (Å²) in [6.45, 7) is 9.13. The second kappa shape index (κ2) is 9.10. The summed E-state index contributed by atoms with van der Waals surface area (Å²) in [6.07, 6.45) is 9.59. The minimum atomic E-state index is -0.622. The number of piperidine rings is 1. The van der Waals surface area contributed by atoms with E-state index in [2.05, 4.69) is 30.7 Å². The largest absolute Gasteiger partial charge is 0.461 e. The number of aromatic nitrogens is 2. The van der Waals surface area contributed by atoms with E-state index in [1.54, 1.807) is 6.92 Å². The van der Waals surface area contributed by atoms with Crippen LogP contribution >= 0.6 is 0 Å². The van der Waals surface area contributed by atoms with Crippen LogP contribution in [0, 0.1) is 11.3 Å². The molecule has 2 aromatic rings. The Kier molecular flexibility index (Phi) is 6.30. The molecule has 0 spiro atoms. The number of fused-ring (bicyclic) bond motifs is 3. The zero-order valence-corrected chi connectivity index (χ0v) is 21.1. The number of nitrogens with zero attached hydrogens (tertiary/aromatic N) is 3. The van der Waals surface area contributed by atoms with Gasteiger partial charge in [0, 0.05) is 24.2 Å². The minimum absolute atomic E-state index is 0.0872. The van der Waals surface area contributed by atoms with Gasteiger partial charge in [0.05, 0.1) is 17.6 Å². The number of carbonyl (C=O) groups is 1. The van der Waals surface area contributed by atoms with Gasteiger partial charge in [-0.2, -0.15) is 0 Å². The Morgan fingerprint density at radius 2 is 1.59 bits per heavy atom. The van der Waals surface area contributed by atoms with Crippen LogP contribution in [0.25, 0.3) is 11.0 Å². The van der Waals surface area contributed by atoms with E-state index in [1.807, 2.05) is 28.8 Å². The van der Waals surface area contributed by atoms with Gasteiger partial charge in [-0.1, -0.05) is 32.9 Å². The van der Waals surface area contributed by atoms with Crippen molar-refractivity contribution in [3.05, 3.63) is 40.3 Å². The molecule has 0 radical (unpaired) electrons. The Bertz CT molecular complexity index is 1100. The summed E-state index contributed by atoms with van der Waals surface area (Å²) in [5.74, 6) is 0.199. The number of hydrogen-bond acceptors (Lipinski definition) is 5. The third-order valence-corrected chi connectivity index (χ3v) is 8.74. The van der Waals surface area contributed by atoms with Crippen LogP contribution in [-0.2, 0) is 4.74 Å². The number of benzene rings is 1. The molecular formula is C28H39N3O3. The highest BCUT2D eigenvalue weighted by Gasteiger charge is 2.46. The van der Waals surface area contributed by atoms with Gasteiger partial charge < -0.3 is 9.30 Å². The lowest BCUT2D eigenvalue weighted by Gasteiger charge is -2.47. The van der Waals surface area contributed by atoms with Gasteiger partial charge in [0.2, 0.25) is 5.69 Å². The first-order valence-electron chi connectivity index (χ1n) is 13.2. The van der Waals surface area contributed by atoms with E-state index < -0.39 is 5.97 Å². The average molecular weight is 466 g/mol. The topological polar surface area (TPSA) is 64.4 Å². The van der Waals surface area contributed by atoms with Gasteiger partial charge in [-0.15, -0.1) is 0 Å². The van der Waals surface area contributed by atoms with Crippen molar-refractivity contribution < 1.29 is 9.53 Å². The maximum atomic E-state index is 13.5. The quantitative estimate of drug-likeness (QED) is 0.570. The van der Waals surface area contributed by atoms with Crippen molar-refractivity contribution in [1.82, 2.24) is 14.5 Å². The Morgan fingerprint density at radius 1 is 0.971 bits per heavy atom. The molecule has 34 heavy (non-hydrogen) atoms. The maximum Gasteiger partial charge on any atom is 0.362 e. The van der Waals surface area contributed by atoms with Crippen LogP contribution in [0.5, 0.6) is 0 Å². The van der Waals surface area contributed by atoms with Crippen molar-refractivity contribution in [2.45, 2.75) is 103 Å². The smallest absolute Gasteiger partial charge is 0.362 e. The Hall–Kier alpha value is -2.21. The fourth-order valence-corrected chi connectivity index (χ4v) is 7.08. The summed E-state index contributed by atoms with van der Waals surface area (Å²) in [7, 11) is 0. The van der Waals surface area contributed by atoms with Crippen LogP contribution in [-0.4, -0.2) is 45.2 Å². The standard InChI is InChI=1S/C28H39N3O3/c1-5-34-27(33)25-26(32)31(24-9-7-6-8-23(24)29-25)22-16-20-14-15-21(17-22)30(20)19-12-10-18(11-13-19)28(2,3)4/h6-9,18-22H,5,10-17H2,1-4H3/t18-,19+,20-,21+,22+. The molecule has 184 valence electrons. The molecule has 2 bridgehead atoms. The van der Waals surface area contributed by atoms with Gasteiger partial charge >= 0.3 is 5.97 Å². The second-order valence-electron chi connectivity index (χ2n) is 11.7. The molecule has 3 aliphatic rings. The molecule has 0 N–H and O–H groups in total. The summed E-state index contributed by atoms with van der Waals surface area (Å²) >= 11 is 0. The molecule has 3 fully saturated rings. The van der Waals surface area contributed by atoms with E-state index in [1.165, 1.54) is 38.5 Å². The van der Waals surface area contributed by atoms with E-state index in [4.69, 9.17) is 4.74 Å². The summed E-state index contributed by atoms with van der Waals surface area (Å²) in [5.41, 5.74) is 1.51. The molecule has 1 saturated carbocycles. The lowest BCUT2D eigenvalue weighted by molar-refractivity contribution is 0.0248. The average Bonchev–Trinajstić information content (AvgIpc) is 3.07. The third-order valence-electron chi connectivity index (χ3n) is 8.74. The fraction of sp³-hybridized carbons (Fsp3) is 0.679. The first-order valence-corrected chi connectivity index (χ1v) is 13.2. The van der Waals surface area contributed by atoms with Crippen molar-refractivity contribution in [1.29, 1.82) is 0 Å². The molecule has 6 heteroatoms. The zero-order valence-electron chi connectivity index (χ0n) is 21.1. The predicted octanol–water partition coefficient (Wildman–Crippen LogP) is 5.35. The molecule has 2 saturated heterocycles.